The summed E-state index contributed by atoms with van der Waals surface area (Å²) >= 11 is 0. The van der Waals surface area contributed by atoms with Crippen LogP contribution in [0, 0.1) is 11.8 Å². The molecule has 11 nitrogen and oxygen atoms in total. The van der Waals surface area contributed by atoms with Gasteiger partial charge in [0.1, 0.15) is 22.8 Å². The van der Waals surface area contributed by atoms with Gasteiger partial charge in [-0.05, 0) is 32.6 Å². The Hall–Kier alpha value is -3.25. The lowest BCUT2D eigenvalue weighted by molar-refractivity contribution is -0.181. The Morgan fingerprint density at radius 3 is 2.27 bits per heavy atom. The van der Waals surface area contributed by atoms with E-state index in [0.717, 1.165) is 0 Å². The van der Waals surface area contributed by atoms with Crippen LogP contribution in [0.2, 0.25) is 0 Å². The number of phenolic OH excluding ortho intramolecular Hbond substituents is 1. The van der Waals surface area contributed by atoms with E-state index in [-0.39, 0.29) is 11.1 Å². The highest BCUT2D eigenvalue weighted by Crippen LogP contribution is 2.57. The Morgan fingerprint density at radius 2 is 1.73 bits per heavy atom. The molecule has 0 aliphatic heterocycles. The van der Waals surface area contributed by atoms with Gasteiger partial charge in [-0.15, -0.1) is 0 Å². The predicted octanol–water partition coefficient (Wildman–Crippen LogP) is -1.40. The van der Waals surface area contributed by atoms with Gasteiger partial charge in [0, 0.05) is 0 Å². The molecule has 176 valence electrons. The van der Waals surface area contributed by atoms with Crippen molar-refractivity contribution in [2.75, 3.05) is 14.1 Å². The van der Waals surface area contributed by atoms with Crippen molar-refractivity contribution in [1.29, 1.82) is 0 Å². The molecular weight excluding hydrogens is 436 g/mol. The minimum absolute atomic E-state index is 0.00664. The number of hydrogen-bond donors (Lipinski definition) is 7. The molecule has 4 rings (SSSR count). The molecule has 1 fully saturated rings. The van der Waals surface area contributed by atoms with E-state index >= 15 is 0 Å². The van der Waals surface area contributed by atoms with Gasteiger partial charge in [0.15, 0.2) is 11.4 Å². The first-order chi connectivity index (χ1) is 15.2. The van der Waals surface area contributed by atoms with Crippen molar-refractivity contribution in [2.45, 2.75) is 30.3 Å². The van der Waals surface area contributed by atoms with E-state index in [9.17, 15) is 45.0 Å². The summed E-state index contributed by atoms with van der Waals surface area (Å²) in [5, 5.41) is 66.3. The Balaban J connectivity index is 2.11. The van der Waals surface area contributed by atoms with Crippen LogP contribution in [0.15, 0.2) is 35.1 Å². The number of fused-ring (bicyclic) bond motifs is 3. The number of nitrogens with two attached hydrogens (primary N) is 1. The minimum atomic E-state index is -3.02. The lowest BCUT2D eigenvalue weighted by atomic mass is 9.53. The summed E-state index contributed by atoms with van der Waals surface area (Å²) in [5.41, 5.74) is -1.78. The van der Waals surface area contributed by atoms with Gasteiger partial charge in [0.05, 0.1) is 40.7 Å². The highest BCUT2D eigenvalue weighted by Gasteiger charge is 2.70. The van der Waals surface area contributed by atoms with Crippen LogP contribution in [0.3, 0.4) is 0 Å². The van der Waals surface area contributed by atoms with Gasteiger partial charge in [-0.2, -0.15) is 0 Å². The number of nitrogens with zero attached hydrogens (tertiary/aromatic N) is 1. The molecule has 6 atom stereocenters. The number of ketones is 2. The van der Waals surface area contributed by atoms with Gasteiger partial charge in [-0.3, -0.25) is 19.3 Å². The number of benzene rings is 1. The number of aliphatic hydroxyl groups is 5. The van der Waals surface area contributed by atoms with Crippen LogP contribution < -0.4 is 5.73 Å². The Morgan fingerprint density at radius 1 is 1.12 bits per heavy atom. The minimum Gasteiger partial charge on any atom is -0.508 e. The molecule has 4 unspecified atom stereocenters. The van der Waals surface area contributed by atoms with Crippen LogP contribution in [0.5, 0.6) is 5.75 Å². The van der Waals surface area contributed by atoms with Crippen LogP contribution in [0.25, 0.3) is 5.76 Å². The zero-order valence-corrected chi connectivity index (χ0v) is 18.0. The van der Waals surface area contributed by atoms with Crippen molar-refractivity contribution < 1.29 is 45.0 Å². The predicted molar refractivity (Wildman–Crippen MR) is 112 cm³/mol. The number of aliphatic hydroxyl groups excluding tert-OH is 3. The third kappa shape index (κ3) is 2.61. The summed E-state index contributed by atoms with van der Waals surface area (Å²) < 4.78 is 0. The van der Waals surface area contributed by atoms with Crippen molar-refractivity contribution in [3.63, 3.8) is 0 Å². The second-order valence-corrected chi connectivity index (χ2v) is 9.06. The molecule has 0 aromatic heterocycles. The first kappa shape index (κ1) is 22.9. The smallest absolute Gasteiger partial charge is 0.255 e. The number of hydrogen-bond acceptors (Lipinski definition) is 10. The number of primary amides is 1. The lowest BCUT2D eigenvalue weighted by Gasteiger charge is -2.55. The van der Waals surface area contributed by atoms with Gasteiger partial charge in [0.25, 0.3) is 5.91 Å². The zero-order valence-electron chi connectivity index (χ0n) is 18.0. The Kier molecular flexibility index (Phi) is 4.78. The van der Waals surface area contributed by atoms with Crippen molar-refractivity contribution in [2.24, 2.45) is 17.6 Å². The van der Waals surface area contributed by atoms with Crippen LogP contribution in [0.4, 0.5) is 0 Å². The maximum atomic E-state index is 13.7. The standard InChI is InChI=1S/C22H24N2O9/c1-21(32)7-5-4-6-8(25)9(7)15(26)10-12(21)17(28)13-14(24(2)3)16(27)11(20(23)31)19(30)22(13,33)18(10)29/h4-6,12-14,17,25-26,28,30,32-33H,1-3H3,(H2,23,31)/t12?,13?,14?,17?,21-,22+/m1/s1. The summed E-state index contributed by atoms with van der Waals surface area (Å²) in [7, 11) is 2.80. The molecule has 0 bridgehead atoms. The van der Waals surface area contributed by atoms with E-state index in [1.165, 1.54) is 44.1 Å². The van der Waals surface area contributed by atoms with E-state index in [4.69, 9.17) is 5.73 Å². The van der Waals surface area contributed by atoms with Gasteiger partial charge in [-0.1, -0.05) is 12.1 Å². The third-order valence-corrected chi connectivity index (χ3v) is 7.03. The molecule has 1 aromatic carbocycles. The van der Waals surface area contributed by atoms with Crippen molar-refractivity contribution in [1.82, 2.24) is 4.90 Å². The number of amides is 1. The van der Waals surface area contributed by atoms with Crippen LogP contribution in [0.1, 0.15) is 18.1 Å². The van der Waals surface area contributed by atoms with E-state index in [0.29, 0.717) is 0 Å². The molecule has 11 heteroatoms. The van der Waals surface area contributed by atoms with Crippen molar-refractivity contribution in [3.8, 4) is 5.75 Å². The van der Waals surface area contributed by atoms with Gasteiger partial charge in [-0.25, -0.2) is 0 Å². The number of Topliss-reactive ketones (excluding diaryl/α,β-unsaturated/α-hetero) is 2. The molecule has 3 aliphatic carbocycles. The molecular formula is C22H24N2O9. The number of rotatable bonds is 2. The summed E-state index contributed by atoms with van der Waals surface area (Å²) in [6.07, 6.45) is -1.87. The average Bonchev–Trinajstić information content (AvgIpc) is 2.70. The fourth-order valence-electron chi connectivity index (χ4n) is 5.60. The van der Waals surface area contributed by atoms with E-state index in [1.54, 1.807) is 0 Å². The second-order valence-electron chi connectivity index (χ2n) is 9.06. The molecule has 0 saturated heterocycles. The van der Waals surface area contributed by atoms with E-state index in [1.807, 2.05) is 0 Å². The molecule has 1 saturated carbocycles. The normalized spacial score (nSPS) is 36.0. The summed E-state index contributed by atoms with van der Waals surface area (Å²) in [6, 6.07) is 2.50. The van der Waals surface area contributed by atoms with Gasteiger partial charge in [0.2, 0.25) is 5.78 Å². The third-order valence-electron chi connectivity index (χ3n) is 7.03. The first-order valence-electron chi connectivity index (χ1n) is 10.1. The number of carbonyl (C=O) groups excluding carboxylic acids is 3. The summed E-state index contributed by atoms with van der Waals surface area (Å²) in [4.78, 5) is 39.9. The fraction of sp³-hybridized carbons (Fsp3) is 0.409. The molecule has 0 radical (unpaired) electrons. The second kappa shape index (κ2) is 6.87. The number of carbonyl (C=O) groups is 3. The maximum absolute atomic E-state index is 13.7. The molecule has 1 aromatic rings. The zero-order chi connectivity index (χ0) is 24.8. The molecule has 8 N–H and O–H groups in total. The number of phenols is 1. The van der Waals surface area contributed by atoms with Crippen molar-refractivity contribution >= 4 is 23.2 Å². The molecule has 33 heavy (non-hydrogen) atoms. The first-order valence-corrected chi connectivity index (χ1v) is 10.1. The SMILES string of the molecule is CN(C)C1C(=O)C(C(N)=O)=C(O)[C@@]2(O)C(=O)C3=C(O)c4c(O)cccc4[C@@](C)(O)C3C(O)C12. The monoisotopic (exact) mass is 460 g/mol. The summed E-state index contributed by atoms with van der Waals surface area (Å²) in [5.74, 6) is -9.67. The molecule has 0 heterocycles. The van der Waals surface area contributed by atoms with Crippen LogP contribution in [-0.2, 0) is 20.0 Å². The Bertz CT molecular complexity index is 1180. The molecule has 0 spiro atoms. The van der Waals surface area contributed by atoms with E-state index < -0.39 is 81.1 Å². The topological polar surface area (TPSA) is 202 Å². The van der Waals surface area contributed by atoms with Crippen molar-refractivity contribution in [3.05, 3.63) is 46.2 Å². The lowest BCUT2D eigenvalue weighted by Crippen LogP contribution is -2.71. The fourth-order valence-corrected chi connectivity index (χ4v) is 5.60. The summed E-state index contributed by atoms with van der Waals surface area (Å²) in [6.45, 7) is 1.25. The van der Waals surface area contributed by atoms with E-state index in [2.05, 4.69) is 0 Å². The largest absolute Gasteiger partial charge is 0.508 e. The Labute approximate surface area is 187 Å². The molecule has 1 amide bonds. The number of likely N-dealkylation sites (N-methyl/N-ethyl adjacent to an activating group) is 1. The maximum Gasteiger partial charge on any atom is 0.255 e. The highest BCUT2D eigenvalue weighted by atomic mass is 16.4. The van der Waals surface area contributed by atoms with Crippen LogP contribution in [-0.4, -0.2) is 84.9 Å². The van der Waals surface area contributed by atoms with Gasteiger partial charge >= 0.3 is 0 Å². The highest BCUT2D eigenvalue weighted by molar-refractivity contribution is 6.24. The quantitative estimate of drug-likeness (QED) is 0.257. The molecule has 3 aliphatic rings. The number of aromatic hydroxyl groups is 1. The average molecular weight is 460 g/mol. The van der Waals surface area contributed by atoms with Crippen LogP contribution >= 0.6 is 0 Å². The van der Waals surface area contributed by atoms with Gasteiger partial charge < -0.3 is 36.4 Å².